The van der Waals surface area contributed by atoms with Gasteiger partial charge in [0, 0.05) is 29.8 Å². The summed E-state index contributed by atoms with van der Waals surface area (Å²) in [4.78, 5) is 16.9. The number of nitrogens with two attached hydrogens (primary N) is 1. The standard InChI is InChI=1S/C16H19N3O2S/c1-11-18-14(10-22-11)12-3-2-4-13(9-12)19-15(20)16(17)5-7-21-8-6-16/h2-4,9-10H,5-8,17H2,1H3,(H,19,20). The minimum Gasteiger partial charge on any atom is -0.381 e. The Kier molecular flexibility index (Phi) is 4.24. The molecule has 0 atom stereocenters. The zero-order valence-electron chi connectivity index (χ0n) is 12.5. The molecular weight excluding hydrogens is 298 g/mol. The summed E-state index contributed by atoms with van der Waals surface area (Å²) in [5.74, 6) is -0.151. The predicted molar refractivity (Wildman–Crippen MR) is 87.9 cm³/mol. The molecule has 22 heavy (non-hydrogen) atoms. The van der Waals surface area contributed by atoms with Crippen molar-refractivity contribution >= 4 is 22.9 Å². The van der Waals surface area contributed by atoms with Gasteiger partial charge in [-0.15, -0.1) is 11.3 Å². The third-order valence-electron chi connectivity index (χ3n) is 3.87. The van der Waals surface area contributed by atoms with Crippen LogP contribution in [0, 0.1) is 6.92 Å². The minimum absolute atomic E-state index is 0.151. The lowest BCUT2D eigenvalue weighted by Gasteiger charge is -2.31. The largest absolute Gasteiger partial charge is 0.381 e. The number of benzene rings is 1. The maximum atomic E-state index is 12.4. The Morgan fingerprint density at radius 3 is 2.86 bits per heavy atom. The molecule has 6 heteroatoms. The smallest absolute Gasteiger partial charge is 0.244 e. The van der Waals surface area contributed by atoms with Gasteiger partial charge in [-0.1, -0.05) is 12.1 Å². The summed E-state index contributed by atoms with van der Waals surface area (Å²) in [7, 11) is 0. The van der Waals surface area contributed by atoms with E-state index in [9.17, 15) is 4.79 Å². The highest BCUT2D eigenvalue weighted by molar-refractivity contribution is 7.09. The molecule has 116 valence electrons. The second-order valence-electron chi connectivity index (χ2n) is 5.56. The number of nitrogens with zero attached hydrogens (tertiary/aromatic N) is 1. The van der Waals surface area contributed by atoms with Crippen molar-refractivity contribution in [2.45, 2.75) is 25.3 Å². The zero-order valence-corrected chi connectivity index (χ0v) is 13.3. The van der Waals surface area contributed by atoms with Crippen LogP contribution in [0.5, 0.6) is 0 Å². The van der Waals surface area contributed by atoms with Gasteiger partial charge in [0.15, 0.2) is 0 Å². The van der Waals surface area contributed by atoms with Crippen LogP contribution in [0.4, 0.5) is 5.69 Å². The Bertz CT molecular complexity index is 678. The molecule has 2 aromatic rings. The van der Waals surface area contributed by atoms with Crippen molar-refractivity contribution in [3.8, 4) is 11.3 Å². The molecule has 0 radical (unpaired) electrons. The Morgan fingerprint density at radius 1 is 1.41 bits per heavy atom. The predicted octanol–water partition coefficient (Wildman–Crippen LogP) is 2.56. The molecule has 1 aliphatic heterocycles. The molecule has 1 aromatic carbocycles. The number of rotatable bonds is 3. The summed E-state index contributed by atoms with van der Waals surface area (Å²) in [5.41, 5.74) is 8.01. The summed E-state index contributed by atoms with van der Waals surface area (Å²) in [6, 6.07) is 7.68. The number of hydrogen-bond acceptors (Lipinski definition) is 5. The van der Waals surface area contributed by atoms with Crippen molar-refractivity contribution in [1.29, 1.82) is 0 Å². The van der Waals surface area contributed by atoms with Crippen LogP contribution in [0.15, 0.2) is 29.6 Å². The molecule has 2 heterocycles. The van der Waals surface area contributed by atoms with Crippen molar-refractivity contribution in [1.82, 2.24) is 4.98 Å². The van der Waals surface area contributed by atoms with Crippen LogP contribution in [-0.2, 0) is 9.53 Å². The molecule has 1 saturated heterocycles. The maximum Gasteiger partial charge on any atom is 0.244 e. The van der Waals surface area contributed by atoms with Crippen molar-refractivity contribution in [3.63, 3.8) is 0 Å². The van der Waals surface area contributed by atoms with E-state index in [-0.39, 0.29) is 5.91 Å². The molecule has 1 aliphatic rings. The monoisotopic (exact) mass is 317 g/mol. The molecule has 1 amide bonds. The summed E-state index contributed by atoms with van der Waals surface area (Å²) in [6.45, 7) is 3.03. The number of amides is 1. The lowest BCUT2D eigenvalue weighted by molar-refractivity contribution is -0.124. The van der Waals surface area contributed by atoms with E-state index < -0.39 is 5.54 Å². The Hall–Kier alpha value is -1.76. The second-order valence-corrected chi connectivity index (χ2v) is 6.62. The Morgan fingerprint density at radius 2 is 2.18 bits per heavy atom. The van der Waals surface area contributed by atoms with Gasteiger partial charge in [-0.3, -0.25) is 4.79 Å². The number of anilines is 1. The fraction of sp³-hybridized carbons (Fsp3) is 0.375. The van der Waals surface area contributed by atoms with Crippen LogP contribution < -0.4 is 11.1 Å². The van der Waals surface area contributed by atoms with Crippen molar-refractivity contribution in [3.05, 3.63) is 34.7 Å². The van der Waals surface area contributed by atoms with Gasteiger partial charge < -0.3 is 15.8 Å². The first-order valence-electron chi connectivity index (χ1n) is 7.27. The number of ether oxygens (including phenoxy) is 1. The van der Waals surface area contributed by atoms with Gasteiger partial charge >= 0.3 is 0 Å². The van der Waals surface area contributed by atoms with E-state index in [0.29, 0.717) is 26.1 Å². The molecule has 5 nitrogen and oxygen atoms in total. The van der Waals surface area contributed by atoms with E-state index in [4.69, 9.17) is 10.5 Å². The van der Waals surface area contributed by atoms with Crippen LogP contribution in [0.1, 0.15) is 17.8 Å². The third kappa shape index (κ3) is 3.19. The van der Waals surface area contributed by atoms with E-state index in [1.807, 2.05) is 36.6 Å². The maximum absolute atomic E-state index is 12.4. The van der Waals surface area contributed by atoms with E-state index >= 15 is 0 Å². The Labute approximate surface area is 133 Å². The molecule has 1 aromatic heterocycles. The van der Waals surface area contributed by atoms with Gasteiger partial charge in [0.1, 0.15) is 5.54 Å². The van der Waals surface area contributed by atoms with Crippen LogP contribution in [0.25, 0.3) is 11.3 Å². The van der Waals surface area contributed by atoms with Crippen molar-refractivity contribution in [2.24, 2.45) is 5.73 Å². The van der Waals surface area contributed by atoms with Crippen molar-refractivity contribution < 1.29 is 9.53 Å². The fourth-order valence-electron chi connectivity index (χ4n) is 2.47. The van der Waals surface area contributed by atoms with Gasteiger partial charge in [-0.05, 0) is 31.9 Å². The summed E-state index contributed by atoms with van der Waals surface area (Å²) in [6.07, 6.45) is 1.09. The van der Waals surface area contributed by atoms with Crippen LogP contribution in [-0.4, -0.2) is 29.6 Å². The van der Waals surface area contributed by atoms with Gasteiger partial charge in [0.2, 0.25) is 5.91 Å². The molecule has 0 aliphatic carbocycles. The molecular formula is C16H19N3O2S. The number of aromatic nitrogens is 1. The average Bonchev–Trinajstić information content (AvgIpc) is 2.95. The molecule has 0 saturated carbocycles. The number of carbonyl (C=O) groups is 1. The summed E-state index contributed by atoms with van der Waals surface area (Å²) in [5, 5.41) is 5.96. The summed E-state index contributed by atoms with van der Waals surface area (Å²) >= 11 is 1.61. The quantitative estimate of drug-likeness (QED) is 0.912. The van der Waals surface area contributed by atoms with E-state index in [2.05, 4.69) is 10.3 Å². The topological polar surface area (TPSA) is 77.2 Å². The highest BCUT2D eigenvalue weighted by atomic mass is 32.1. The van der Waals surface area contributed by atoms with E-state index in [1.54, 1.807) is 11.3 Å². The number of aryl methyl sites for hydroxylation is 1. The lowest BCUT2D eigenvalue weighted by Crippen LogP contribution is -2.54. The van der Waals surface area contributed by atoms with E-state index in [0.717, 1.165) is 22.0 Å². The Balaban J connectivity index is 1.76. The SMILES string of the molecule is Cc1nc(-c2cccc(NC(=O)C3(N)CCOCC3)c2)cs1. The van der Waals surface area contributed by atoms with Crippen LogP contribution in [0.3, 0.4) is 0 Å². The first-order chi connectivity index (χ1) is 10.6. The van der Waals surface area contributed by atoms with Gasteiger partial charge in [-0.25, -0.2) is 4.98 Å². The zero-order chi connectivity index (χ0) is 15.6. The number of hydrogen-bond donors (Lipinski definition) is 2. The first kappa shape index (κ1) is 15.1. The third-order valence-corrected chi connectivity index (χ3v) is 4.65. The normalized spacial score (nSPS) is 17.2. The number of thiazole rings is 1. The van der Waals surface area contributed by atoms with Gasteiger partial charge in [0.05, 0.1) is 10.7 Å². The average molecular weight is 317 g/mol. The highest BCUT2D eigenvalue weighted by Gasteiger charge is 2.35. The highest BCUT2D eigenvalue weighted by Crippen LogP contribution is 2.25. The first-order valence-corrected chi connectivity index (χ1v) is 8.15. The molecule has 0 spiro atoms. The lowest BCUT2D eigenvalue weighted by atomic mass is 9.90. The minimum atomic E-state index is -0.842. The molecule has 3 rings (SSSR count). The van der Waals surface area contributed by atoms with Crippen molar-refractivity contribution in [2.75, 3.05) is 18.5 Å². The molecule has 1 fully saturated rings. The number of nitrogens with one attached hydrogen (secondary N) is 1. The summed E-state index contributed by atoms with van der Waals surface area (Å²) < 4.78 is 5.28. The number of carbonyl (C=O) groups excluding carboxylic acids is 1. The van der Waals surface area contributed by atoms with E-state index in [1.165, 1.54) is 0 Å². The second kappa shape index (κ2) is 6.16. The fourth-order valence-corrected chi connectivity index (χ4v) is 3.09. The van der Waals surface area contributed by atoms with Crippen LogP contribution >= 0.6 is 11.3 Å². The van der Waals surface area contributed by atoms with Crippen LogP contribution in [0.2, 0.25) is 0 Å². The molecule has 0 unspecified atom stereocenters. The van der Waals surface area contributed by atoms with Gasteiger partial charge in [0.25, 0.3) is 0 Å². The van der Waals surface area contributed by atoms with Gasteiger partial charge in [-0.2, -0.15) is 0 Å². The molecule has 0 bridgehead atoms. The molecule has 3 N–H and O–H groups in total.